The molecule has 1 unspecified atom stereocenters. The summed E-state index contributed by atoms with van der Waals surface area (Å²) in [7, 11) is 0. The third-order valence-corrected chi connectivity index (χ3v) is 3.51. The fraction of sp³-hybridized carbons (Fsp3) is 0.571. The van der Waals surface area contributed by atoms with Crippen molar-refractivity contribution in [2.45, 2.75) is 32.1 Å². The highest BCUT2D eigenvalue weighted by molar-refractivity contribution is 5.55. The molecule has 1 aliphatic heterocycles. The average molecular weight is 218 g/mol. The maximum Gasteiger partial charge on any atom is 0.0401 e. The van der Waals surface area contributed by atoms with Crippen molar-refractivity contribution in [3.63, 3.8) is 0 Å². The van der Waals surface area contributed by atoms with Crippen LogP contribution in [0.3, 0.4) is 0 Å². The van der Waals surface area contributed by atoms with Gasteiger partial charge in [0.25, 0.3) is 0 Å². The lowest BCUT2D eigenvalue weighted by atomic mass is 9.95. The van der Waals surface area contributed by atoms with Crippen LogP contribution >= 0.6 is 0 Å². The topological polar surface area (TPSA) is 29.3 Å². The van der Waals surface area contributed by atoms with E-state index in [2.05, 4.69) is 36.1 Å². The molecule has 1 aromatic rings. The van der Waals surface area contributed by atoms with Crippen LogP contribution in [0.5, 0.6) is 0 Å². The van der Waals surface area contributed by atoms with Crippen molar-refractivity contribution in [2.24, 2.45) is 5.73 Å². The molecule has 0 aliphatic carbocycles. The van der Waals surface area contributed by atoms with Gasteiger partial charge in [0.1, 0.15) is 0 Å². The first-order valence-electron chi connectivity index (χ1n) is 6.37. The number of para-hydroxylation sites is 1. The van der Waals surface area contributed by atoms with Gasteiger partial charge in [-0.15, -0.1) is 0 Å². The van der Waals surface area contributed by atoms with E-state index in [1.807, 2.05) is 0 Å². The summed E-state index contributed by atoms with van der Waals surface area (Å²) < 4.78 is 0. The van der Waals surface area contributed by atoms with Crippen molar-refractivity contribution in [3.05, 3.63) is 29.8 Å². The molecule has 1 aromatic carbocycles. The van der Waals surface area contributed by atoms with Crippen molar-refractivity contribution >= 4 is 5.69 Å². The standard InChI is InChI=1S/C14H22N2/c1-12(8-9-15)13-6-2-3-7-14(13)16-10-4-5-11-16/h2-3,6-7,12H,4-5,8-11,15H2,1H3. The van der Waals surface area contributed by atoms with E-state index in [1.165, 1.54) is 37.2 Å². The van der Waals surface area contributed by atoms with Crippen LogP contribution in [0.4, 0.5) is 5.69 Å². The molecule has 0 spiro atoms. The van der Waals surface area contributed by atoms with Crippen LogP contribution in [0.1, 0.15) is 37.7 Å². The fourth-order valence-electron chi connectivity index (χ4n) is 2.56. The van der Waals surface area contributed by atoms with Crippen molar-refractivity contribution in [2.75, 3.05) is 24.5 Å². The van der Waals surface area contributed by atoms with Gasteiger partial charge < -0.3 is 10.6 Å². The largest absolute Gasteiger partial charge is 0.371 e. The summed E-state index contributed by atoms with van der Waals surface area (Å²) in [4.78, 5) is 2.52. The fourth-order valence-corrected chi connectivity index (χ4v) is 2.56. The predicted molar refractivity (Wildman–Crippen MR) is 70.0 cm³/mol. The molecule has 1 heterocycles. The number of hydrogen-bond donors (Lipinski definition) is 1. The van der Waals surface area contributed by atoms with E-state index in [4.69, 9.17) is 5.73 Å². The number of benzene rings is 1. The van der Waals surface area contributed by atoms with Gasteiger partial charge in [-0.3, -0.25) is 0 Å². The van der Waals surface area contributed by atoms with Gasteiger partial charge in [-0.05, 0) is 43.4 Å². The molecule has 88 valence electrons. The maximum atomic E-state index is 5.66. The van der Waals surface area contributed by atoms with Gasteiger partial charge in [-0.25, -0.2) is 0 Å². The molecule has 16 heavy (non-hydrogen) atoms. The van der Waals surface area contributed by atoms with Gasteiger partial charge >= 0.3 is 0 Å². The highest BCUT2D eigenvalue weighted by atomic mass is 15.1. The Morgan fingerprint density at radius 2 is 1.94 bits per heavy atom. The molecule has 1 atom stereocenters. The number of anilines is 1. The minimum absolute atomic E-state index is 0.571. The number of hydrogen-bond acceptors (Lipinski definition) is 2. The molecular weight excluding hydrogens is 196 g/mol. The third kappa shape index (κ3) is 2.38. The van der Waals surface area contributed by atoms with E-state index in [0.29, 0.717) is 5.92 Å². The normalized spacial score (nSPS) is 17.8. The summed E-state index contributed by atoms with van der Waals surface area (Å²) in [6.45, 7) is 5.48. The van der Waals surface area contributed by atoms with E-state index < -0.39 is 0 Å². The Balaban J connectivity index is 2.22. The summed E-state index contributed by atoms with van der Waals surface area (Å²) in [5, 5.41) is 0. The van der Waals surface area contributed by atoms with Crippen molar-refractivity contribution in [1.82, 2.24) is 0 Å². The van der Waals surface area contributed by atoms with Gasteiger partial charge in [0.15, 0.2) is 0 Å². The van der Waals surface area contributed by atoms with E-state index in [-0.39, 0.29) is 0 Å². The van der Waals surface area contributed by atoms with Crippen LogP contribution in [0.15, 0.2) is 24.3 Å². The second-order valence-corrected chi connectivity index (χ2v) is 4.73. The molecule has 0 saturated carbocycles. The Kier molecular flexibility index (Phi) is 3.83. The first kappa shape index (κ1) is 11.5. The lowest BCUT2D eigenvalue weighted by Crippen LogP contribution is -2.20. The van der Waals surface area contributed by atoms with E-state index in [9.17, 15) is 0 Å². The van der Waals surface area contributed by atoms with Crippen LogP contribution in [0.2, 0.25) is 0 Å². The molecular formula is C14H22N2. The van der Waals surface area contributed by atoms with Gasteiger partial charge in [-0.1, -0.05) is 25.1 Å². The molecule has 1 fully saturated rings. The quantitative estimate of drug-likeness (QED) is 0.842. The Labute approximate surface area is 98.4 Å². The maximum absolute atomic E-state index is 5.66. The molecule has 0 amide bonds. The van der Waals surface area contributed by atoms with Crippen LogP contribution in [0, 0.1) is 0 Å². The summed E-state index contributed by atoms with van der Waals surface area (Å²) in [6.07, 6.45) is 3.74. The molecule has 2 heteroatoms. The first-order valence-corrected chi connectivity index (χ1v) is 6.37. The number of nitrogens with two attached hydrogens (primary N) is 1. The van der Waals surface area contributed by atoms with Crippen LogP contribution in [0.25, 0.3) is 0 Å². The lowest BCUT2D eigenvalue weighted by Gasteiger charge is -2.24. The molecule has 1 saturated heterocycles. The zero-order valence-corrected chi connectivity index (χ0v) is 10.2. The van der Waals surface area contributed by atoms with Crippen molar-refractivity contribution in [3.8, 4) is 0 Å². The molecule has 2 nitrogen and oxygen atoms in total. The summed E-state index contributed by atoms with van der Waals surface area (Å²) >= 11 is 0. The highest BCUT2D eigenvalue weighted by Gasteiger charge is 2.17. The van der Waals surface area contributed by atoms with Gasteiger partial charge in [0.05, 0.1) is 0 Å². The zero-order chi connectivity index (χ0) is 11.4. The average Bonchev–Trinajstić information content (AvgIpc) is 2.83. The SMILES string of the molecule is CC(CCN)c1ccccc1N1CCCC1. The third-order valence-electron chi connectivity index (χ3n) is 3.51. The first-order chi connectivity index (χ1) is 7.83. The Hall–Kier alpha value is -1.02. The van der Waals surface area contributed by atoms with E-state index >= 15 is 0 Å². The van der Waals surface area contributed by atoms with Crippen LogP contribution in [-0.4, -0.2) is 19.6 Å². The van der Waals surface area contributed by atoms with Crippen molar-refractivity contribution < 1.29 is 0 Å². The predicted octanol–water partition coefficient (Wildman–Crippen LogP) is 2.74. The number of nitrogens with zero attached hydrogens (tertiary/aromatic N) is 1. The molecule has 2 rings (SSSR count). The Morgan fingerprint density at radius 1 is 1.25 bits per heavy atom. The van der Waals surface area contributed by atoms with Crippen molar-refractivity contribution in [1.29, 1.82) is 0 Å². The monoisotopic (exact) mass is 218 g/mol. The van der Waals surface area contributed by atoms with Gasteiger partial charge in [0.2, 0.25) is 0 Å². The molecule has 0 radical (unpaired) electrons. The molecule has 0 aromatic heterocycles. The van der Waals surface area contributed by atoms with Crippen LogP contribution < -0.4 is 10.6 Å². The second-order valence-electron chi connectivity index (χ2n) is 4.73. The minimum Gasteiger partial charge on any atom is -0.371 e. The molecule has 0 bridgehead atoms. The van der Waals surface area contributed by atoms with E-state index in [1.54, 1.807) is 0 Å². The van der Waals surface area contributed by atoms with Gasteiger partial charge in [-0.2, -0.15) is 0 Å². The van der Waals surface area contributed by atoms with E-state index in [0.717, 1.165) is 13.0 Å². The Bertz CT molecular complexity index is 329. The highest BCUT2D eigenvalue weighted by Crippen LogP contribution is 2.31. The Morgan fingerprint density at radius 3 is 2.62 bits per heavy atom. The minimum atomic E-state index is 0.571. The van der Waals surface area contributed by atoms with Crippen LogP contribution in [-0.2, 0) is 0 Å². The smallest absolute Gasteiger partial charge is 0.0401 e. The molecule has 2 N–H and O–H groups in total. The summed E-state index contributed by atoms with van der Waals surface area (Å²) in [5.74, 6) is 0.571. The lowest BCUT2D eigenvalue weighted by molar-refractivity contribution is 0.687. The zero-order valence-electron chi connectivity index (χ0n) is 10.2. The second kappa shape index (κ2) is 5.35. The summed E-state index contributed by atoms with van der Waals surface area (Å²) in [5.41, 5.74) is 8.56. The summed E-state index contributed by atoms with van der Waals surface area (Å²) in [6, 6.07) is 8.80. The van der Waals surface area contributed by atoms with Gasteiger partial charge in [0, 0.05) is 18.8 Å². The molecule has 1 aliphatic rings. The number of rotatable bonds is 4.